The Bertz CT molecular complexity index is 313. The van der Waals surface area contributed by atoms with Crippen molar-refractivity contribution in [3.63, 3.8) is 0 Å². The van der Waals surface area contributed by atoms with Crippen LogP contribution in [0.1, 0.15) is 0 Å². The second-order valence-electron chi connectivity index (χ2n) is 4.07. The van der Waals surface area contributed by atoms with Crippen LogP contribution >= 0.6 is 0 Å². The van der Waals surface area contributed by atoms with Crippen LogP contribution in [-0.2, 0) is 9.47 Å². The molecule has 0 unspecified atom stereocenters. The van der Waals surface area contributed by atoms with Gasteiger partial charge >= 0.3 is 0 Å². The monoisotopic (exact) mass is 263 g/mol. The summed E-state index contributed by atoms with van der Waals surface area (Å²) in [6.45, 7) is -0.377. The molecule has 9 nitrogen and oxygen atoms in total. The first-order valence-corrected chi connectivity index (χ1v) is 5.51. The second kappa shape index (κ2) is 5.80. The molecule has 0 aromatic carbocycles. The van der Waals surface area contributed by atoms with Crippen LogP contribution in [0.15, 0.2) is 11.9 Å². The molecule has 18 heavy (non-hydrogen) atoms. The minimum absolute atomic E-state index is 0.0999. The molecule has 0 spiro atoms. The van der Waals surface area contributed by atoms with Gasteiger partial charge in [0.1, 0.15) is 24.4 Å². The van der Waals surface area contributed by atoms with Crippen LogP contribution in [0.2, 0.25) is 0 Å². The minimum atomic E-state index is -1.43. The third-order valence-corrected chi connectivity index (χ3v) is 2.79. The van der Waals surface area contributed by atoms with Gasteiger partial charge in [-0.25, -0.2) is 0 Å². The fraction of sp³-hybridized carbons (Fsp3) is 0.778. The van der Waals surface area contributed by atoms with Gasteiger partial charge in [-0.05, 0) is 0 Å². The first kappa shape index (κ1) is 13.5. The molecule has 0 radical (unpaired) electrons. The van der Waals surface area contributed by atoms with Crippen LogP contribution in [0.25, 0.3) is 0 Å². The summed E-state index contributed by atoms with van der Waals surface area (Å²) in [4.78, 5) is 0. The van der Waals surface area contributed by atoms with Crippen molar-refractivity contribution in [2.24, 2.45) is 0 Å². The molecule has 5 atom stereocenters. The molecule has 2 rings (SSSR count). The van der Waals surface area contributed by atoms with Crippen LogP contribution in [0.5, 0.6) is 0 Å². The van der Waals surface area contributed by atoms with E-state index in [-0.39, 0.29) is 6.61 Å². The van der Waals surface area contributed by atoms with Crippen LogP contribution in [0.4, 0.5) is 0 Å². The predicted octanol–water partition coefficient (Wildman–Crippen LogP) is -3.74. The molecule has 2 aliphatic rings. The molecule has 2 heterocycles. The van der Waals surface area contributed by atoms with E-state index in [2.05, 4.69) is 16.4 Å². The van der Waals surface area contributed by atoms with E-state index in [1.54, 1.807) is 6.20 Å². The predicted molar refractivity (Wildman–Crippen MR) is 57.2 cm³/mol. The van der Waals surface area contributed by atoms with Gasteiger partial charge in [0, 0.05) is 6.20 Å². The fourth-order valence-corrected chi connectivity index (χ4v) is 1.73. The molecule has 1 saturated heterocycles. The molecular weight excluding hydrogens is 246 g/mol. The summed E-state index contributed by atoms with van der Waals surface area (Å²) in [6, 6.07) is 0. The van der Waals surface area contributed by atoms with Crippen LogP contribution in [0.3, 0.4) is 0 Å². The first-order valence-electron chi connectivity index (χ1n) is 5.51. The van der Waals surface area contributed by atoms with E-state index in [0.29, 0.717) is 5.70 Å². The number of hydrogen-bond acceptors (Lipinski definition) is 9. The van der Waals surface area contributed by atoms with E-state index < -0.39 is 37.3 Å². The molecule has 104 valence electrons. The van der Waals surface area contributed by atoms with Crippen molar-refractivity contribution in [1.82, 2.24) is 16.4 Å². The molecule has 7 N–H and O–H groups in total. The number of rotatable bonds is 4. The quantitative estimate of drug-likeness (QED) is 0.273. The van der Waals surface area contributed by atoms with E-state index in [9.17, 15) is 15.3 Å². The smallest absolute Gasteiger partial charge is 0.187 e. The summed E-state index contributed by atoms with van der Waals surface area (Å²) >= 11 is 0. The Kier molecular flexibility index (Phi) is 4.35. The van der Waals surface area contributed by atoms with Crippen LogP contribution in [0, 0.1) is 0 Å². The maximum absolute atomic E-state index is 9.68. The molecule has 0 bridgehead atoms. The van der Waals surface area contributed by atoms with Gasteiger partial charge in [-0.15, -0.1) is 0 Å². The van der Waals surface area contributed by atoms with Crippen molar-refractivity contribution in [2.45, 2.75) is 30.7 Å². The number of ether oxygens (including phenoxy) is 2. The largest absolute Gasteiger partial charge is 0.394 e. The van der Waals surface area contributed by atoms with Gasteiger partial charge < -0.3 is 40.8 Å². The van der Waals surface area contributed by atoms with Gasteiger partial charge in [0.15, 0.2) is 6.29 Å². The van der Waals surface area contributed by atoms with Gasteiger partial charge in [-0.2, -0.15) is 5.53 Å². The highest BCUT2D eigenvalue weighted by Gasteiger charge is 2.44. The fourth-order valence-electron chi connectivity index (χ4n) is 1.73. The Morgan fingerprint density at radius 3 is 2.61 bits per heavy atom. The Labute approximate surface area is 103 Å². The van der Waals surface area contributed by atoms with Crippen molar-refractivity contribution in [2.75, 3.05) is 13.2 Å². The number of hydrazine groups is 2. The van der Waals surface area contributed by atoms with E-state index in [4.69, 9.17) is 14.6 Å². The van der Waals surface area contributed by atoms with Crippen LogP contribution in [-0.4, -0.2) is 64.3 Å². The zero-order valence-electron chi connectivity index (χ0n) is 9.48. The molecule has 0 saturated carbocycles. The number of nitrogens with one attached hydrogen (secondary N) is 3. The van der Waals surface area contributed by atoms with Gasteiger partial charge in [0.25, 0.3) is 0 Å². The molecule has 0 aromatic rings. The Hall–Kier alpha value is -0.940. The molecule has 0 aliphatic carbocycles. The maximum atomic E-state index is 9.68. The molecular formula is C9H17N3O6. The summed E-state index contributed by atoms with van der Waals surface area (Å²) in [6.07, 6.45) is -4.66. The maximum Gasteiger partial charge on any atom is 0.187 e. The zero-order valence-corrected chi connectivity index (χ0v) is 9.48. The molecule has 0 aromatic heterocycles. The van der Waals surface area contributed by atoms with Gasteiger partial charge in [0.05, 0.1) is 18.9 Å². The second-order valence-corrected chi connectivity index (χ2v) is 4.07. The lowest BCUT2D eigenvalue weighted by atomic mass is 9.99. The standard InChI is InChI=1S/C9H17N3O6/c13-2-5-6(14)7(15)8(16)9(18-5)17-3-4-1-10-12-11-4/h1,5-16H,2-3H2/t5-,6+,7+,8-,9-/m1/s1. The molecule has 9 heteroatoms. The SMILES string of the molecule is OC[C@H]1O[C@@H](OCC2=CNNN2)[C@H](O)[C@@H](O)[C@H]1O. The molecule has 2 aliphatic heterocycles. The highest BCUT2D eigenvalue weighted by Crippen LogP contribution is 2.22. The van der Waals surface area contributed by atoms with E-state index >= 15 is 0 Å². The van der Waals surface area contributed by atoms with E-state index in [1.807, 2.05) is 0 Å². The average Bonchev–Trinajstić information content (AvgIpc) is 2.88. The summed E-state index contributed by atoms with van der Waals surface area (Å²) in [5.41, 5.74) is 8.68. The van der Waals surface area contributed by atoms with Crippen molar-refractivity contribution in [1.29, 1.82) is 0 Å². The van der Waals surface area contributed by atoms with Crippen LogP contribution < -0.4 is 16.4 Å². The van der Waals surface area contributed by atoms with Gasteiger partial charge in [0.2, 0.25) is 0 Å². The van der Waals surface area contributed by atoms with Crippen molar-refractivity contribution >= 4 is 0 Å². The highest BCUT2D eigenvalue weighted by atomic mass is 16.7. The van der Waals surface area contributed by atoms with E-state index in [0.717, 1.165) is 0 Å². The highest BCUT2D eigenvalue weighted by molar-refractivity contribution is 5.00. The third-order valence-electron chi connectivity index (χ3n) is 2.79. The lowest BCUT2D eigenvalue weighted by Crippen LogP contribution is -2.59. The summed E-state index contributed by atoms with van der Waals surface area (Å²) in [7, 11) is 0. The Morgan fingerprint density at radius 2 is 2.00 bits per heavy atom. The zero-order chi connectivity index (χ0) is 13.1. The summed E-state index contributed by atoms with van der Waals surface area (Å²) in [5.74, 6) is 0. The average molecular weight is 263 g/mol. The summed E-state index contributed by atoms with van der Waals surface area (Å²) in [5, 5.41) is 37.8. The Morgan fingerprint density at radius 1 is 1.22 bits per heavy atom. The Balaban J connectivity index is 1.90. The van der Waals surface area contributed by atoms with Gasteiger partial charge in [-0.3, -0.25) is 0 Å². The van der Waals surface area contributed by atoms with Crippen molar-refractivity contribution in [3.05, 3.63) is 11.9 Å². The van der Waals surface area contributed by atoms with E-state index in [1.165, 1.54) is 0 Å². The summed E-state index contributed by atoms with van der Waals surface area (Å²) < 4.78 is 10.4. The van der Waals surface area contributed by atoms with Gasteiger partial charge in [-0.1, -0.05) is 0 Å². The normalized spacial score (nSPS) is 40.0. The lowest BCUT2D eigenvalue weighted by molar-refractivity contribution is -0.299. The first-order chi connectivity index (χ1) is 8.63. The number of aliphatic hydroxyl groups excluding tert-OH is 4. The molecule has 0 amide bonds. The lowest BCUT2D eigenvalue weighted by Gasteiger charge is -2.39. The minimum Gasteiger partial charge on any atom is -0.394 e. The van der Waals surface area contributed by atoms with Crippen molar-refractivity contribution < 1.29 is 29.9 Å². The molecule has 1 fully saturated rings. The number of aliphatic hydroxyl groups is 4. The number of hydrogen-bond donors (Lipinski definition) is 7. The van der Waals surface area contributed by atoms with Crippen molar-refractivity contribution in [3.8, 4) is 0 Å². The topological polar surface area (TPSA) is 135 Å². The third kappa shape index (κ3) is 2.72.